The van der Waals surface area contributed by atoms with Crippen molar-refractivity contribution >= 4 is 27.0 Å². The van der Waals surface area contributed by atoms with E-state index in [0.29, 0.717) is 50.1 Å². The van der Waals surface area contributed by atoms with E-state index in [1.807, 2.05) is 24.1 Å². The number of para-hydroxylation sites is 2. The van der Waals surface area contributed by atoms with E-state index < -0.39 is 43.4 Å². The number of fused-ring (bicyclic) bond motifs is 3. The van der Waals surface area contributed by atoms with Gasteiger partial charge in [0, 0.05) is 63.5 Å². The Morgan fingerprint density at radius 1 is 0.849 bits per heavy atom. The van der Waals surface area contributed by atoms with Crippen LogP contribution in [0.4, 0.5) is 13.2 Å². The number of benzene rings is 3. The van der Waals surface area contributed by atoms with Crippen molar-refractivity contribution in [3.8, 4) is 0 Å². The van der Waals surface area contributed by atoms with Gasteiger partial charge in [-0.1, -0.05) is 24.3 Å². The monoisotopic (exact) mass is 748 g/mol. The van der Waals surface area contributed by atoms with Crippen LogP contribution in [-0.4, -0.2) is 108 Å². The van der Waals surface area contributed by atoms with Crippen molar-refractivity contribution in [3.63, 3.8) is 0 Å². The number of rotatable bonds is 8. The first kappa shape index (κ1) is 36.2. The van der Waals surface area contributed by atoms with Gasteiger partial charge in [-0.15, -0.1) is 0 Å². The predicted molar refractivity (Wildman–Crippen MR) is 197 cm³/mol. The maximum Gasteiger partial charge on any atom is 0.256 e. The van der Waals surface area contributed by atoms with Crippen molar-refractivity contribution in [1.82, 2.24) is 28.6 Å². The van der Waals surface area contributed by atoms with Crippen LogP contribution >= 0.6 is 0 Å². The maximum absolute atomic E-state index is 15.2. The molecule has 4 aromatic rings. The molecule has 1 amide bonds. The van der Waals surface area contributed by atoms with Crippen LogP contribution in [0.15, 0.2) is 65.6 Å². The van der Waals surface area contributed by atoms with E-state index in [1.54, 1.807) is 12.1 Å². The molecule has 1 aromatic heterocycles. The van der Waals surface area contributed by atoms with Crippen molar-refractivity contribution in [2.45, 2.75) is 80.3 Å². The molecule has 8 rings (SSSR count). The van der Waals surface area contributed by atoms with Gasteiger partial charge in [-0.25, -0.2) is 26.6 Å². The molecule has 0 spiro atoms. The fourth-order valence-electron chi connectivity index (χ4n) is 9.66. The zero-order valence-corrected chi connectivity index (χ0v) is 31.2. The molecule has 13 heteroatoms. The first-order valence-electron chi connectivity index (χ1n) is 18.9. The summed E-state index contributed by atoms with van der Waals surface area (Å²) in [6.07, 6.45) is 6.20. The first-order chi connectivity index (χ1) is 25.4. The number of halogens is 3. The standard InChI is InChI=1S/C40H47F3N6O3S/c1-27-44-36-8-3-4-9-37(36)49(27)32-23-30-10-11-31(24-32)48(30)17-14-40(28-6-5-7-29(41)22-28)12-15-46(16-13-40)39(50)33-25-38(35(43)26-34(33)42)53(51,52)47-20-18-45(2)19-21-47/h3-9,22,25-26,30-32H,10-21,23-24H2,1-2H3/t30-,31+,32?. The third-order valence-electron chi connectivity index (χ3n) is 12.6. The predicted octanol–water partition coefficient (Wildman–Crippen LogP) is 6.13. The van der Waals surface area contributed by atoms with Gasteiger partial charge in [0.15, 0.2) is 0 Å². The molecule has 0 saturated carbocycles. The quantitative estimate of drug-likeness (QED) is 0.216. The van der Waals surface area contributed by atoms with Gasteiger partial charge in [-0.05, 0) is 107 Å². The molecule has 282 valence electrons. The van der Waals surface area contributed by atoms with Crippen molar-refractivity contribution in [3.05, 3.63) is 95.1 Å². The highest BCUT2D eigenvalue weighted by Crippen LogP contribution is 2.45. The van der Waals surface area contributed by atoms with Crippen LogP contribution in [0.2, 0.25) is 0 Å². The second kappa shape index (κ2) is 14.1. The normalized spacial score (nSPS) is 24.2. The molecule has 4 fully saturated rings. The summed E-state index contributed by atoms with van der Waals surface area (Å²) in [4.78, 5) is 24.1. The number of piperidine rings is 2. The number of nitrogens with zero attached hydrogens (tertiary/aromatic N) is 6. The van der Waals surface area contributed by atoms with E-state index in [-0.39, 0.29) is 32.0 Å². The minimum atomic E-state index is -4.28. The minimum Gasteiger partial charge on any atom is -0.338 e. The number of carbonyl (C=O) groups is 1. The summed E-state index contributed by atoms with van der Waals surface area (Å²) in [5.74, 6) is -2.25. The number of amides is 1. The van der Waals surface area contributed by atoms with Crippen LogP contribution in [0.3, 0.4) is 0 Å². The van der Waals surface area contributed by atoms with Crippen LogP contribution < -0.4 is 0 Å². The lowest BCUT2D eigenvalue weighted by Gasteiger charge is -2.45. The Labute approximate surface area is 309 Å². The van der Waals surface area contributed by atoms with Gasteiger partial charge >= 0.3 is 0 Å². The average Bonchev–Trinajstić information content (AvgIpc) is 3.60. The molecule has 0 aliphatic carbocycles. The molecule has 4 aliphatic heterocycles. The molecular weight excluding hydrogens is 702 g/mol. The third-order valence-corrected chi connectivity index (χ3v) is 14.5. The van der Waals surface area contributed by atoms with E-state index in [0.717, 1.165) is 61.6 Å². The molecule has 53 heavy (non-hydrogen) atoms. The Balaban J connectivity index is 0.989. The maximum atomic E-state index is 15.2. The molecule has 2 bridgehead atoms. The molecule has 0 N–H and O–H groups in total. The summed E-state index contributed by atoms with van der Waals surface area (Å²) < 4.78 is 75.5. The Hall–Kier alpha value is -3.78. The molecule has 3 aromatic carbocycles. The Morgan fingerprint density at radius 2 is 1.55 bits per heavy atom. The molecule has 1 unspecified atom stereocenters. The number of aromatic nitrogens is 2. The van der Waals surface area contributed by atoms with E-state index in [9.17, 15) is 17.6 Å². The van der Waals surface area contributed by atoms with Gasteiger partial charge in [0.1, 0.15) is 28.2 Å². The molecule has 0 radical (unpaired) electrons. The van der Waals surface area contributed by atoms with Gasteiger partial charge in [0.05, 0.1) is 16.6 Å². The molecule has 5 heterocycles. The molecule has 4 aliphatic rings. The van der Waals surface area contributed by atoms with Gasteiger partial charge in [0.25, 0.3) is 5.91 Å². The second-order valence-electron chi connectivity index (χ2n) is 15.6. The van der Waals surface area contributed by atoms with Crippen LogP contribution in [0.1, 0.15) is 72.7 Å². The third kappa shape index (κ3) is 6.68. The van der Waals surface area contributed by atoms with Crippen molar-refractivity contribution in [1.29, 1.82) is 0 Å². The SMILES string of the molecule is Cc1nc2ccccc2n1C1C[C@H]2CC[C@@H](C1)N2CCC1(c2cccc(F)c2)CCN(C(=O)c2cc(S(=O)(=O)N3CCN(C)CC3)c(F)cc2F)CC1. The fraction of sp³-hybridized carbons (Fsp3) is 0.500. The Bertz CT molecular complexity index is 2110. The highest BCUT2D eigenvalue weighted by Gasteiger charge is 2.45. The molecule has 3 atom stereocenters. The van der Waals surface area contributed by atoms with Crippen LogP contribution in [0.25, 0.3) is 11.0 Å². The number of hydrogen-bond acceptors (Lipinski definition) is 6. The number of imidazole rings is 1. The van der Waals surface area contributed by atoms with Gasteiger partial charge in [-0.3, -0.25) is 9.69 Å². The number of likely N-dealkylation sites (N-methyl/N-ethyl adjacent to an activating group) is 1. The summed E-state index contributed by atoms with van der Waals surface area (Å²) in [7, 11) is -2.41. The highest BCUT2D eigenvalue weighted by atomic mass is 32.2. The smallest absolute Gasteiger partial charge is 0.256 e. The van der Waals surface area contributed by atoms with Crippen molar-refractivity contribution in [2.75, 3.05) is 52.9 Å². The number of likely N-dealkylation sites (tertiary alicyclic amines) is 1. The zero-order valence-electron chi connectivity index (χ0n) is 30.4. The van der Waals surface area contributed by atoms with E-state index in [1.165, 1.54) is 20.8 Å². The van der Waals surface area contributed by atoms with Crippen molar-refractivity contribution in [2.24, 2.45) is 0 Å². The van der Waals surface area contributed by atoms with Gasteiger partial charge in [0.2, 0.25) is 10.0 Å². The van der Waals surface area contributed by atoms with Crippen LogP contribution in [0, 0.1) is 24.4 Å². The summed E-state index contributed by atoms with van der Waals surface area (Å²) >= 11 is 0. The summed E-state index contributed by atoms with van der Waals surface area (Å²) in [6.45, 7) is 4.80. The Kier molecular flexibility index (Phi) is 9.66. The fourth-order valence-corrected chi connectivity index (χ4v) is 11.2. The number of aryl methyl sites for hydroxylation is 1. The highest BCUT2D eigenvalue weighted by molar-refractivity contribution is 7.89. The second-order valence-corrected chi connectivity index (χ2v) is 17.5. The minimum absolute atomic E-state index is 0.175. The van der Waals surface area contributed by atoms with Gasteiger partial charge in [-0.2, -0.15) is 4.31 Å². The zero-order chi connectivity index (χ0) is 37.1. The molecule has 9 nitrogen and oxygen atoms in total. The molecular formula is C40H47F3N6O3S. The largest absolute Gasteiger partial charge is 0.338 e. The lowest BCUT2D eigenvalue weighted by atomic mass is 9.70. The number of piperazine rings is 1. The van der Waals surface area contributed by atoms with E-state index in [2.05, 4.69) is 34.6 Å². The lowest BCUT2D eigenvalue weighted by molar-refractivity contribution is 0.0602. The summed E-state index contributed by atoms with van der Waals surface area (Å²) in [6, 6.07) is 17.7. The topological polar surface area (TPSA) is 82.0 Å². The van der Waals surface area contributed by atoms with Crippen LogP contribution in [-0.2, 0) is 15.4 Å². The van der Waals surface area contributed by atoms with E-state index >= 15 is 8.78 Å². The van der Waals surface area contributed by atoms with Crippen molar-refractivity contribution < 1.29 is 26.4 Å². The summed E-state index contributed by atoms with van der Waals surface area (Å²) in [5, 5.41) is 0. The number of carbonyl (C=O) groups excluding carboxylic acids is 1. The van der Waals surface area contributed by atoms with E-state index in [4.69, 9.17) is 4.98 Å². The molecule has 4 saturated heterocycles. The number of hydrogen-bond donors (Lipinski definition) is 0. The number of sulfonamides is 1. The Morgan fingerprint density at radius 3 is 2.25 bits per heavy atom. The lowest BCUT2D eigenvalue weighted by Crippen LogP contribution is -2.49. The van der Waals surface area contributed by atoms with Crippen LogP contribution in [0.5, 0.6) is 0 Å². The first-order valence-corrected chi connectivity index (χ1v) is 20.3. The van der Waals surface area contributed by atoms with Gasteiger partial charge < -0.3 is 14.4 Å². The average molecular weight is 749 g/mol. The summed E-state index contributed by atoms with van der Waals surface area (Å²) in [5.41, 5.74) is 2.23.